The van der Waals surface area contributed by atoms with Crippen molar-refractivity contribution in [2.75, 3.05) is 5.75 Å². The fraction of sp³-hybridized carbons (Fsp3) is 0.462. The molecule has 0 saturated carbocycles. The molecule has 0 amide bonds. The van der Waals surface area contributed by atoms with Gasteiger partial charge in [-0.2, -0.15) is 4.68 Å². The third-order valence-electron chi connectivity index (χ3n) is 2.69. The average molecular weight is 278 g/mol. The van der Waals surface area contributed by atoms with Gasteiger partial charge in [0, 0.05) is 5.75 Å². The normalized spacial score (nSPS) is 11.1. The van der Waals surface area contributed by atoms with Crippen LogP contribution in [0.1, 0.15) is 26.7 Å². The molecular weight excluding hydrogens is 260 g/mol. The van der Waals surface area contributed by atoms with Crippen LogP contribution in [0.2, 0.25) is 0 Å². The van der Waals surface area contributed by atoms with Crippen molar-refractivity contribution >= 4 is 11.8 Å². The lowest BCUT2D eigenvalue weighted by atomic mass is 10.1. The summed E-state index contributed by atoms with van der Waals surface area (Å²) in [7, 11) is 0. The van der Waals surface area contributed by atoms with Gasteiger partial charge < -0.3 is 5.11 Å². The summed E-state index contributed by atoms with van der Waals surface area (Å²) in [6.07, 6.45) is 2.37. The molecule has 2 rings (SSSR count). The lowest BCUT2D eigenvalue weighted by molar-refractivity contribution is 0.475. The second-order valence-corrected chi connectivity index (χ2v) is 5.84. The van der Waals surface area contributed by atoms with Crippen molar-refractivity contribution in [3.05, 3.63) is 24.3 Å². The molecule has 0 fully saturated rings. The summed E-state index contributed by atoms with van der Waals surface area (Å²) in [5, 5.41) is 21.8. The van der Waals surface area contributed by atoms with Gasteiger partial charge in [-0.1, -0.05) is 32.0 Å². The smallest absolute Gasteiger partial charge is 0.214 e. The first-order valence-electron chi connectivity index (χ1n) is 6.37. The molecule has 1 aromatic heterocycles. The van der Waals surface area contributed by atoms with Crippen LogP contribution in [0.5, 0.6) is 5.75 Å². The van der Waals surface area contributed by atoms with E-state index in [0.29, 0.717) is 0 Å². The predicted octanol–water partition coefficient (Wildman–Crippen LogP) is 2.90. The second-order valence-electron chi connectivity index (χ2n) is 4.77. The van der Waals surface area contributed by atoms with Gasteiger partial charge in [0.25, 0.3) is 0 Å². The quantitative estimate of drug-likeness (QED) is 0.650. The lowest BCUT2D eigenvalue weighted by Crippen LogP contribution is -1.99. The fourth-order valence-corrected chi connectivity index (χ4v) is 2.53. The van der Waals surface area contributed by atoms with Crippen LogP contribution in [-0.4, -0.2) is 31.1 Å². The predicted molar refractivity (Wildman–Crippen MR) is 75.6 cm³/mol. The van der Waals surface area contributed by atoms with Gasteiger partial charge in [0.2, 0.25) is 5.16 Å². The highest BCUT2D eigenvalue weighted by molar-refractivity contribution is 7.99. The van der Waals surface area contributed by atoms with E-state index >= 15 is 0 Å². The number of tetrazole rings is 1. The molecule has 19 heavy (non-hydrogen) atoms. The monoisotopic (exact) mass is 278 g/mol. The number of rotatable bonds is 6. The van der Waals surface area contributed by atoms with E-state index < -0.39 is 0 Å². The molecule has 0 unspecified atom stereocenters. The van der Waals surface area contributed by atoms with Gasteiger partial charge in [-0.25, -0.2) is 0 Å². The number of nitrogens with zero attached hydrogens (tertiary/aromatic N) is 4. The summed E-state index contributed by atoms with van der Waals surface area (Å²) >= 11 is 1.66. The summed E-state index contributed by atoms with van der Waals surface area (Å²) in [4.78, 5) is 0. The van der Waals surface area contributed by atoms with Crippen LogP contribution in [-0.2, 0) is 0 Å². The molecule has 1 N–H and O–H groups in total. The van der Waals surface area contributed by atoms with Gasteiger partial charge in [0.1, 0.15) is 5.75 Å². The van der Waals surface area contributed by atoms with Crippen LogP contribution in [0, 0.1) is 5.92 Å². The summed E-state index contributed by atoms with van der Waals surface area (Å²) in [6.45, 7) is 4.45. The maximum atomic E-state index is 9.28. The first kappa shape index (κ1) is 13.9. The molecule has 1 aromatic carbocycles. The maximum Gasteiger partial charge on any atom is 0.214 e. The van der Waals surface area contributed by atoms with E-state index in [-0.39, 0.29) is 5.75 Å². The molecule has 102 valence electrons. The van der Waals surface area contributed by atoms with Crippen molar-refractivity contribution in [2.45, 2.75) is 31.8 Å². The largest absolute Gasteiger partial charge is 0.508 e. The lowest BCUT2D eigenvalue weighted by Gasteiger charge is -2.05. The number of hydrogen-bond acceptors (Lipinski definition) is 5. The van der Waals surface area contributed by atoms with E-state index in [0.717, 1.165) is 28.9 Å². The third kappa shape index (κ3) is 3.96. The number of aromatic hydroxyl groups is 1. The molecular formula is C13H18N4OS. The highest BCUT2D eigenvalue weighted by atomic mass is 32.2. The van der Waals surface area contributed by atoms with Crippen LogP contribution in [0.25, 0.3) is 5.69 Å². The average Bonchev–Trinajstić information content (AvgIpc) is 2.84. The van der Waals surface area contributed by atoms with Crippen molar-refractivity contribution in [2.24, 2.45) is 5.92 Å². The Morgan fingerprint density at radius 1 is 1.26 bits per heavy atom. The van der Waals surface area contributed by atoms with E-state index in [1.54, 1.807) is 40.7 Å². The van der Waals surface area contributed by atoms with Gasteiger partial charge in [-0.15, -0.1) is 5.10 Å². The minimum Gasteiger partial charge on any atom is -0.508 e. The maximum absolute atomic E-state index is 9.28. The van der Waals surface area contributed by atoms with Crippen molar-refractivity contribution < 1.29 is 5.11 Å². The molecule has 0 atom stereocenters. The van der Waals surface area contributed by atoms with Crippen molar-refractivity contribution in [3.8, 4) is 11.4 Å². The van der Waals surface area contributed by atoms with Crippen LogP contribution in [0.15, 0.2) is 29.4 Å². The highest BCUT2D eigenvalue weighted by Gasteiger charge is 2.08. The summed E-state index contributed by atoms with van der Waals surface area (Å²) in [6, 6.07) is 6.85. The summed E-state index contributed by atoms with van der Waals surface area (Å²) < 4.78 is 1.69. The van der Waals surface area contributed by atoms with E-state index in [9.17, 15) is 5.11 Å². The van der Waals surface area contributed by atoms with E-state index in [4.69, 9.17) is 0 Å². The van der Waals surface area contributed by atoms with Crippen LogP contribution in [0.3, 0.4) is 0 Å². The number of aromatic nitrogens is 4. The zero-order valence-electron chi connectivity index (χ0n) is 11.2. The first-order chi connectivity index (χ1) is 9.16. The van der Waals surface area contributed by atoms with E-state index in [1.807, 2.05) is 0 Å². The molecule has 0 radical (unpaired) electrons. The molecule has 2 aromatic rings. The summed E-state index contributed by atoms with van der Waals surface area (Å²) in [5.41, 5.74) is 0.856. The van der Waals surface area contributed by atoms with Gasteiger partial charge >= 0.3 is 0 Å². The zero-order valence-corrected chi connectivity index (χ0v) is 12.0. The van der Waals surface area contributed by atoms with Crippen LogP contribution >= 0.6 is 11.8 Å². The Hall–Kier alpha value is -1.56. The number of phenolic OH excluding ortho intramolecular Hbond substituents is 1. The molecule has 0 spiro atoms. The standard InChI is InChI=1S/C13H18N4OS/c1-10(2)4-3-9-19-13-14-15-16-17(13)11-5-7-12(18)8-6-11/h5-8,10,18H,3-4,9H2,1-2H3. The Morgan fingerprint density at radius 2 is 2.00 bits per heavy atom. The fourth-order valence-electron chi connectivity index (χ4n) is 1.68. The molecule has 0 bridgehead atoms. The van der Waals surface area contributed by atoms with Gasteiger partial charge in [-0.3, -0.25) is 0 Å². The second kappa shape index (κ2) is 6.56. The van der Waals surface area contributed by atoms with Crippen molar-refractivity contribution in [1.82, 2.24) is 20.2 Å². The Kier molecular flexibility index (Phi) is 4.79. The highest BCUT2D eigenvalue weighted by Crippen LogP contribution is 2.21. The van der Waals surface area contributed by atoms with Gasteiger partial charge in [0.15, 0.2) is 0 Å². The van der Waals surface area contributed by atoms with Gasteiger partial charge in [0.05, 0.1) is 5.69 Å². The number of benzene rings is 1. The van der Waals surface area contributed by atoms with E-state index in [2.05, 4.69) is 29.4 Å². The Bertz CT molecular complexity index is 510. The third-order valence-corrected chi connectivity index (χ3v) is 3.70. The Morgan fingerprint density at radius 3 is 2.68 bits per heavy atom. The number of hydrogen-bond donors (Lipinski definition) is 1. The molecule has 0 aliphatic heterocycles. The number of phenols is 1. The molecule has 0 aliphatic rings. The topological polar surface area (TPSA) is 63.8 Å². The number of thioether (sulfide) groups is 1. The van der Waals surface area contributed by atoms with Crippen molar-refractivity contribution in [3.63, 3.8) is 0 Å². The Labute approximate surface area is 117 Å². The van der Waals surface area contributed by atoms with E-state index in [1.165, 1.54) is 6.42 Å². The zero-order chi connectivity index (χ0) is 13.7. The minimum atomic E-state index is 0.239. The van der Waals surface area contributed by atoms with Crippen LogP contribution < -0.4 is 0 Å². The van der Waals surface area contributed by atoms with Gasteiger partial charge in [-0.05, 0) is 47.0 Å². The first-order valence-corrected chi connectivity index (χ1v) is 7.36. The van der Waals surface area contributed by atoms with Crippen LogP contribution in [0.4, 0.5) is 0 Å². The Balaban J connectivity index is 1.99. The molecule has 1 heterocycles. The van der Waals surface area contributed by atoms with Crippen molar-refractivity contribution in [1.29, 1.82) is 0 Å². The molecule has 6 heteroatoms. The SMILES string of the molecule is CC(C)CCCSc1nnnn1-c1ccc(O)cc1. The summed E-state index contributed by atoms with van der Waals surface area (Å²) in [5.74, 6) is 1.98. The minimum absolute atomic E-state index is 0.239. The molecule has 5 nitrogen and oxygen atoms in total. The molecule has 0 aliphatic carbocycles. The molecule has 0 saturated heterocycles.